The Hall–Kier alpha value is -2.93. The first-order chi connectivity index (χ1) is 13.2. The summed E-state index contributed by atoms with van der Waals surface area (Å²) >= 11 is 0. The third kappa shape index (κ3) is 5.27. The SMILES string of the molecule is COCCOc1ccc(NC(=O)C2CC(=O)N(Cc3ccccn3)C2)cc1. The molecule has 0 aliphatic carbocycles. The number of aromatic nitrogens is 1. The zero-order valence-electron chi connectivity index (χ0n) is 15.3. The van der Waals surface area contributed by atoms with Crippen molar-refractivity contribution in [3.8, 4) is 5.75 Å². The number of pyridine rings is 1. The molecule has 1 N–H and O–H groups in total. The van der Waals surface area contributed by atoms with Gasteiger partial charge in [-0.05, 0) is 36.4 Å². The van der Waals surface area contributed by atoms with Crippen LogP contribution in [0.3, 0.4) is 0 Å². The van der Waals surface area contributed by atoms with E-state index < -0.39 is 0 Å². The van der Waals surface area contributed by atoms with Crippen molar-refractivity contribution in [3.63, 3.8) is 0 Å². The molecule has 1 fully saturated rings. The van der Waals surface area contributed by atoms with Crippen LogP contribution in [-0.4, -0.2) is 48.6 Å². The molecule has 2 heterocycles. The fourth-order valence-corrected chi connectivity index (χ4v) is 2.91. The van der Waals surface area contributed by atoms with E-state index in [1.165, 1.54) is 0 Å². The van der Waals surface area contributed by atoms with Gasteiger partial charge in [0.2, 0.25) is 11.8 Å². The lowest BCUT2D eigenvalue weighted by Gasteiger charge is -2.16. The number of benzene rings is 1. The predicted molar refractivity (Wildman–Crippen MR) is 100 cm³/mol. The lowest BCUT2D eigenvalue weighted by Crippen LogP contribution is -2.28. The van der Waals surface area contributed by atoms with Gasteiger partial charge in [-0.15, -0.1) is 0 Å². The molecule has 2 aromatic rings. The quantitative estimate of drug-likeness (QED) is 0.721. The number of carbonyl (C=O) groups excluding carboxylic acids is 2. The first-order valence-electron chi connectivity index (χ1n) is 8.86. The van der Waals surface area contributed by atoms with Gasteiger partial charge >= 0.3 is 0 Å². The van der Waals surface area contributed by atoms with E-state index in [1.54, 1.807) is 42.5 Å². The average molecular weight is 369 g/mol. The molecule has 1 saturated heterocycles. The Labute approximate surface area is 158 Å². The number of nitrogens with zero attached hydrogens (tertiary/aromatic N) is 2. The number of carbonyl (C=O) groups is 2. The van der Waals surface area contributed by atoms with Gasteiger partial charge in [-0.1, -0.05) is 6.07 Å². The van der Waals surface area contributed by atoms with Crippen LogP contribution in [0.15, 0.2) is 48.7 Å². The highest BCUT2D eigenvalue weighted by molar-refractivity contribution is 5.97. The maximum Gasteiger partial charge on any atom is 0.229 e. The largest absolute Gasteiger partial charge is 0.491 e. The highest BCUT2D eigenvalue weighted by atomic mass is 16.5. The lowest BCUT2D eigenvalue weighted by molar-refractivity contribution is -0.128. The van der Waals surface area contributed by atoms with Gasteiger partial charge in [0.15, 0.2) is 0 Å². The van der Waals surface area contributed by atoms with Crippen molar-refractivity contribution >= 4 is 17.5 Å². The van der Waals surface area contributed by atoms with E-state index >= 15 is 0 Å². The number of rotatable bonds is 8. The molecule has 0 spiro atoms. The molecule has 7 heteroatoms. The van der Waals surface area contributed by atoms with Crippen LogP contribution in [0.25, 0.3) is 0 Å². The van der Waals surface area contributed by atoms with Gasteiger partial charge in [0.1, 0.15) is 12.4 Å². The Kier molecular flexibility index (Phi) is 6.38. The van der Waals surface area contributed by atoms with E-state index in [0.717, 1.165) is 5.69 Å². The number of methoxy groups -OCH3 is 1. The van der Waals surface area contributed by atoms with E-state index in [-0.39, 0.29) is 24.2 Å². The summed E-state index contributed by atoms with van der Waals surface area (Å²) in [7, 11) is 1.62. The van der Waals surface area contributed by atoms with Gasteiger partial charge in [-0.25, -0.2) is 0 Å². The van der Waals surface area contributed by atoms with Crippen LogP contribution in [0.2, 0.25) is 0 Å². The Morgan fingerprint density at radius 2 is 2.04 bits per heavy atom. The van der Waals surface area contributed by atoms with Crippen molar-refractivity contribution in [1.82, 2.24) is 9.88 Å². The topological polar surface area (TPSA) is 80.8 Å². The third-order valence-electron chi connectivity index (χ3n) is 4.34. The van der Waals surface area contributed by atoms with Crippen LogP contribution in [0.4, 0.5) is 5.69 Å². The highest BCUT2D eigenvalue weighted by Gasteiger charge is 2.34. The summed E-state index contributed by atoms with van der Waals surface area (Å²) in [6.45, 7) is 1.82. The monoisotopic (exact) mass is 369 g/mol. The molecule has 1 aromatic carbocycles. The Balaban J connectivity index is 1.51. The molecular weight excluding hydrogens is 346 g/mol. The second-order valence-electron chi connectivity index (χ2n) is 6.35. The van der Waals surface area contributed by atoms with Crippen LogP contribution in [-0.2, 0) is 20.9 Å². The van der Waals surface area contributed by atoms with Gasteiger partial charge < -0.3 is 19.7 Å². The molecule has 1 unspecified atom stereocenters. The van der Waals surface area contributed by atoms with E-state index in [1.807, 2.05) is 18.2 Å². The maximum absolute atomic E-state index is 12.5. The van der Waals surface area contributed by atoms with Gasteiger partial charge in [0.25, 0.3) is 0 Å². The first-order valence-corrected chi connectivity index (χ1v) is 8.86. The minimum atomic E-state index is -0.362. The lowest BCUT2D eigenvalue weighted by atomic mass is 10.1. The van der Waals surface area contributed by atoms with Crippen LogP contribution >= 0.6 is 0 Å². The normalized spacial score (nSPS) is 16.4. The van der Waals surface area contributed by atoms with E-state index in [4.69, 9.17) is 9.47 Å². The fraction of sp³-hybridized carbons (Fsp3) is 0.350. The van der Waals surface area contributed by atoms with Crippen LogP contribution in [0.1, 0.15) is 12.1 Å². The molecule has 0 saturated carbocycles. The molecule has 1 aromatic heterocycles. The summed E-state index contributed by atoms with van der Waals surface area (Å²) in [5.41, 5.74) is 1.49. The minimum absolute atomic E-state index is 0.0253. The van der Waals surface area contributed by atoms with E-state index in [9.17, 15) is 9.59 Å². The Morgan fingerprint density at radius 3 is 2.74 bits per heavy atom. The molecule has 7 nitrogen and oxygen atoms in total. The maximum atomic E-state index is 12.5. The zero-order chi connectivity index (χ0) is 19.1. The van der Waals surface area contributed by atoms with Gasteiger partial charge in [0.05, 0.1) is 24.8 Å². The molecular formula is C20H23N3O4. The van der Waals surface area contributed by atoms with E-state index in [0.29, 0.717) is 37.7 Å². The second kappa shape index (κ2) is 9.14. The molecule has 142 valence electrons. The summed E-state index contributed by atoms with van der Waals surface area (Å²) in [4.78, 5) is 30.6. The zero-order valence-corrected chi connectivity index (χ0v) is 15.3. The van der Waals surface area contributed by atoms with Gasteiger partial charge in [-0.3, -0.25) is 14.6 Å². The first kappa shape index (κ1) is 18.8. The molecule has 27 heavy (non-hydrogen) atoms. The van der Waals surface area contributed by atoms with Crippen LogP contribution < -0.4 is 10.1 Å². The van der Waals surface area contributed by atoms with Crippen LogP contribution in [0.5, 0.6) is 5.75 Å². The minimum Gasteiger partial charge on any atom is -0.491 e. The predicted octanol–water partition coefficient (Wildman–Crippen LogP) is 2.09. The van der Waals surface area contributed by atoms with Crippen molar-refractivity contribution in [2.45, 2.75) is 13.0 Å². The number of amides is 2. The summed E-state index contributed by atoms with van der Waals surface area (Å²) in [6.07, 6.45) is 1.92. The Bertz CT molecular complexity index is 765. The van der Waals surface area contributed by atoms with Crippen molar-refractivity contribution in [2.75, 3.05) is 32.2 Å². The summed E-state index contributed by atoms with van der Waals surface area (Å²) in [6, 6.07) is 12.7. The summed E-state index contributed by atoms with van der Waals surface area (Å²) in [5.74, 6) is 0.170. The van der Waals surface area contributed by atoms with Gasteiger partial charge in [0, 0.05) is 32.0 Å². The molecule has 1 aliphatic heterocycles. The molecule has 1 aliphatic rings. The van der Waals surface area contributed by atoms with Crippen molar-refractivity contribution < 1.29 is 19.1 Å². The number of anilines is 1. The molecule has 0 radical (unpaired) electrons. The van der Waals surface area contributed by atoms with E-state index in [2.05, 4.69) is 10.3 Å². The van der Waals surface area contributed by atoms with Gasteiger partial charge in [-0.2, -0.15) is 0 Å². The number of hydrogen-bond donors (Lipinski definition) is 1. The average Bonchev–Trinajstić information content (AvgIpc) is 3.05. The molecule has 1 atom stereocenters. The van der Waals surface area contributed by atoms with Crippen LogP contribution in [0, 0.1) is 5.92 Å². The van der Waals surface area contributed by atoms with Crippen molar-refractivity contribution in [1.29, 1.82) is 0 Å². The molecule has 3 rings (SSSR count). The number of hydrogen-bond acceptors (Lipinski definition) is 5. The highest BCUT2D eigenvalue weighted by Crippen LogP contribution is 2.22. The molecule has 0 bridgehead atoms. The van der Waals surface area contributed by atoms with Crippen molar-refractivity contribution in [3.05, 3.63) is 54.4 Å². The standard InChI is InChI=1S/C20H23N3O4/c1-26-10-11-27-18-7-5-16(6-8-18)22-20(25)15-12-19(24)23(13-15)14-17-4-2-3-9-21-17/h2-9,15H,10-14H2,1H3,(H,22,25). The fourth-order valence-electron chi connectivity index (χ4n) is 2.91. The smallest absolute Gasteiger partial charge is 0.229 e. The Morgan fingerprint density at radius 1 is 1.22 bits per heavy atom. The summed E-state index contributed by atoms with van der Waals surface area (Å²) < 4.78 is 10.4. The number of ether oxygens (including phenoxy) is 2. The molecule has 2 amide bonds. The number of likely N-dealkylation sites (tertiary alicyclic amines) is 1. The number of nitrogens with one attached hydrogen (secondary N) is 1. The third-order valence-corrected chi connectivity index (χ3v) is 4.34. The second-order valence-corrected chi connectivity index (χ2v) is 6.35. The summed E-state index contributed by atoms with van der Waals surface area (Å²) in [5, 5.41) is 2.87. The van der Waals surface area contributed by atoms with Crippen molar-refractivity contribution in [2.24, 2.45) is 5.92 Å².